The maximum absolute atomic E-state index is 13.0. The fourth-order valence-corrected chi connectivity index (χ4v) is 7.91. The van der Waals surface area contributed by atoms with Crippen LogP contribution >= 0.6 is 0 Å². The number of carbonyl (C=O) groups excluding carboxylic acids is 3. The first-order chi connectivity index (χ1) is 26.1. The highest BCUT2D eigenvalue weighted by Gasteiger charge is 2.38. The van der Waals surface area contributed by atoms with Crippen LogP contribution in [0.2, 0.25) is 36.3 Å². The second-order valence-electron chi connectivity index (χ2n) is 17.6. The highest BCUT2D eigenvalue weighted by Crippen LogP contribution is 2.38. The molecule has 0 saturated heterocycles. The van der Waals surface area contributed by atoms with Crippen LogP contribution in [0, 0.1) is 0 Å². The van der Waals surface area contributed by atoms with E-state index in [0.29, 0.717) is 35.6 Å². The Kier molecular flexibility index (Phi) is 14.6. The zero-order valence-electron chi connectivity index (χ0n) is 35.5. The fraction of sp³-hybridized carbons (Fsp3) is 0.561. The molecule has 0 saturated carbocycles. The summed E-state index contributed by atoms with van der Waals surface area (Å²) < 4.78 is 18.1. The van der Waals surface area contributed by atoms with Crippen molar-refractivity contribution < 1.29 is 23.2 Å². The van der Waals surface area contributed by atoms with Gasteiger partial charge in [0.2, 0.25) is 5.91 Å². The van der Waals surface area contributed by atoms with E-state index in [0.717, 1.165) is 62.1 Å². The van der Waals surface area contributed by atoms with Gasteiger partial charge in [-0.25, -0.2) is 4.98 Å². The average molecular weight is 805 g/mol. The Morgan fingerprint density at radius 2 is 1.38 bits per heavy atom. The van der Waals surface area contributed by atoms with Gasteiger partial charge in [-0.2, -0.15) is 10.2 Å². The molecule has 1 aliphatic heterocycles. The number of nitrogens with zero attached hydrogens (tertiary/aromatic N) is 6. The number of imide groups is 1. The third-order valence-electron chi connectivity index (χ3n) is 11.1. The summed E-state index contributed by atoms with van der Waals surface area (Å²) in [5.74, 6) is -1.16. The van der Waals surface area contributed by atoms with Gasteiger partial charge in [-0.15, -0.1) is 0 Å². The first kappa shape index (κ1) is 44.5. The van der Waals surface area contributed by atoms with Gasteiger partial charge in [0.25, 0.3) is 11.8 Å². The minimum absolute atomic E-state index is 0.173. The Balaban J connectivity index is 0.000000296. The van der Waals surface area contributed by atoms with E-state index >= 15 is 0 Å². The van der Waals surface area contributed by atoms with Crippen molar-refractivity contribution in [3.8, 4) is 0 Å². The molecule has 4 aromatic rings. The van der Waals surface area contributed by atoms with Crippen molar-refractivity contribution in [3.05, 3.63) is 66.0 Å². The number of hydrogen-bond acceptors (Lipinski definition) is 8. The summed E-state index contributed by atoms with van der Waals surface area (Å²) in [4.78, 5) is 41.2. The van der Waals surface area contributed by atoms with Crippen LogP contribution in [0.3, 0.4) is 0 Å². The van der Waals surface area contributed by atoms with Gasteiger partial charge in [-0.1, -0.05) is 54.9 Å². The Hall–Kier alpha value is -4.19. The van der Waals surface area contributed by atoms with Crippen LogP contribution in [0.4, 0.5) is 0 Å². The number of unbranched alkanes of at least 4 members (excludes halogenated alkanes) is 1. The molecule has 13 nitrogen and oxygen atoms in total. The second-order valence-corrected chi connectivity index (χ2v) is 27.2. The van der Waals surface area contributed by atoms with E-state index in [2.05, 4.69) is 99.7 Å². The van der Waals surface area contributed by atoms with Crippen molar-refractivity contribution >= 4 is 56.5 Å². The van der Waals surface area contributed by atoms with Crippen molar-refractivity contribution in [2.45, 2.75) is 136 Å². The fourth-order valence-electron chi connectivity index (χ4n) is 5.74. The molecule has 0 unspecified atom stereocenters. The van der Waals surface area contributed by atoms with E-state index in [1.165, 1.54) is 0 Å². The number of aryl methyl sites for hydroxylation is 3. The monoisotopic (exact) mass is 804 g/mol. The molecule has 0 bridgehead atoms. The summed E-state index contributed by atoms with van der Waals surface area (Å²) in [6.07, 6.45) is 11.4. The van der Waals surface area contributed by atoms with Crippen molar-refractivity contribution in [1.82, 2.24) is 34.4 Å². The predicted molar refractivity (Wildman–Crippen MR) is 227 cm³/mol. The third kappa shape index (κ3) is 11.2. The molecule has 1 aliphatic rings. The van der Waals surface area contributed by atoms with E-state index in [4.69, 9.17) is 14.6 Å². The van der Waals surface area contributed by atoms with Crippen molar-refractivity contribution in [2.75, 3.05) is 13.2 Å². The lowest BCUT2D eigenvalue weighted by molar-refractivity contribution is -0.123. The first-order valence-corrected chi connectivity index (χ1v) is 25.6. The van der Waals surface area contributed by atoms with Crippen LogP contribution < -0.4 is 11.1 Å². The summed E-state index contributed by atoms with van der Waals surface area (Å²) in [7, 11) is -3.44. The van der Waals surface area contributed by atoms with Crippen LogP contribution in [-0.4, -0.2) is 76.7 Å². The number of pyridine rings is 1. The first-order valence-electron chi connectivity index (χ1n) is 19.8. The molecule has 0 atom stereocenters. The quantitative estimate of drug-likeness (QED) is 0.0637. The molecule has 15 heteroatoms. The zero-order valence-corrected chi connectivity index (χ0v) is 37.5. The third-order valence-corrected chi connectivity index (χ3v) is 20.2. The highest BCUT2D eigenvalue weighted by molar-refractivity contribution is 6.74. The van der Waals surface area contributed by atoms with Crippen LogP contribution in [-0.2, 0) is 49.3 Å². The van der Waals surface area contributed by atoms with E-state index in [1.54, 1.807) is 12.3 Å². The molecule has 5 rings (SSSR count). The molecular weight excluding hydrogens is 741 g/mol. The SMILES string of the molecule is CC(C)(C)[Si](C)(C)OCCCn1ccc(CC(N)=O)n1.CCCCn1cc(C2=C(c3ccn(CCCO[Si](C)(C)C(C)(C)C)n3)C(=O)NC2=O)c2cccnc21. The maximum atomic E-state index is 13.0. The summed E-state index contributed by atoms with van der Waals surface area (Å²) in [6.45, 7) is 28.2. The molecule has 0 fully saturated rings. The number of aromatic nitrogens is 6. The van der Waals surface area contributed by atoms with Crippen LogP contribution in [0.15, 0.2) is 49.1 Å². The van der Waals surface area contributed by atoms with Crippen LogP contribution in [0.25, 0.3) is 22.2 Å². The van der Waals surface area contributed by atoms with Gasteiger partial charge < -0.3 is 19.2 Å². The summed E-state index contributed by atoms with van der Waals surface area (Å²) in [6, 6.07) is 7.43. The number of primary amides is 1. The van der Waals surface area contributed by atoms with Gasteiger partial charge >= 0.3 is 0 Å². The molecule has 3 amide bonds. The summed E-state index contributed by atoms with van der Waals surface area (Å²) in [5.41, 5.74) is 8.56. The van der Waals surface area contributed by atoms with Crippen molar-refractivity contribution in [3.63, 3.8) is 0 Å². The summed E-state index contributed by atoms with van der Waals surface area (Å²) in [5, 5.41) is 12.7. The van der Waals surface area contributed by atoms with Gasteiger partial charge in [-0.05, 0) is 79.8 Å². The van der Waals surface area contributed by atoms with E-state index in [1.807, 2.05) is 46.2 Å². The number of rotatable bonds is 17. The molecule has 0 radical (unpaired) electrons. The molecule has 0 aromatic carbocycles. The number of amides is 3. The molecule has 3 N–H and O–H groups in total. The lowest BCUT2D eigenvalue weighted by Gasteiger charge is -2.36. The number of nitrogens with two attached hydrogens (primary N) is 1. The van der Waals surface area contributed by atoms with Crippen molar-refractivity contribution in [2.24, 2.45) is 5.73 Å². The highest BCUT2D eigenvalue weighted by atomic mass is 28.4. The zero-order chi connectivity index (χ0) is 41.5. The van der Waals surface area contributed by atoms with Crippen LogP contribution in [0.1, 0.15) is 91.1 Å². The number of carbonyl (C=O) groups is 3. The second kappa shape index (κ2) is 18.4. The van der Waals surface area contributed by atoms with E-state index < -0.39 is 28.4 Å². The Labute approximate surface area is 334 Å². The largest absolute Gasteiger partial charge is 0.417 e. The molecule has 4 aromatic heterocycles. The Bertz CT molecular complexity index is 2010. The lowest BCUT2D eigenvalue weighted by atomic mass is 10.00. The molecule has 56 heavy (non-hydrogen) atoms. The predicted octanol–water partition coefficient (Wildman–Crippen LogP) is 7.33. The summed E-state index contributed by atoms with van der Waals surface area (Å²) >= 11 is 0. The van der Waals surface area contributed by atoms with Gasteiger partial charge in [0.05, 0.1) is 29.0 Å². The lowest BCUT2D eigenvalue weighted by Crippen LogP contribution is -2.41. The smallest absolute Gasteiger partial charge is 0.261 e. The van der Waals surface area contributed by atoms with Crippen molar-refractivity contribution in [1.29, 1.82) is 0 Å². The maximum Gasteiger partial charge on any atom is 0.261 e. The molecule has 306 valence electrons. The Morgan fingerprint density at radius 3 is 1.95 bits per heavy atom. The van der Waals surface area contributed by atoms with Gasteiger partial charge in [0.1, 0.15) is 5.65 Å². The number of nitrogens with one attached hydrogen (secondary N) is 1. The topological polar surface area (TPSA) is 161 Å². The Morgan fingerprint density at radius 1 is 0.804 bits per heavy atom. The van der Waals surface area contributed by atoms with Gasteiger partial charge in [0, 0.05) is 68.6 Å². The minimum Gasteiger partial charge on any atom is -0.417 e. The van der Waals surface area contributed by atoms with Gasteiger partial charge in [0.15, 0.2) is 16.6 Å². The standard InChI is InChI=1S/C27H37N5O3Si.C14H27N3O2Si/c1-7-8-14-31-18-20(19-11-9-13-28-24(19)31)22-23(26(34)29-25(22)33)21-12-16-32(30-21)15-10-17-35-36(5,6)27(2,3)4;1-14(2,3)20(4,5)19-10-6-8-17-9-7-12(16-17)11-13(15)18/h9,11-13,16,18H,7-8,10,14-15,17H2,1-6H3,(H,29,33,34);7,9H,6,8,10-11H2,1-5H3,(H2,15,18). The minimum atomic E-state index is -1.79. The van der Waals surface area contributed by atoms with Crippen LogP contribution in [0.5, 0.6) is 0 Å². The molecule has 0 spiro atoms. The number of fused-ring (bicyclic) bond motifs is 1. The molecule has 0 aliphatic carbocycles. The molecular formula is C41H64N8O5Si2. The number of hydrogen-bond donors (Lipinski definition) is 2. The van der Waals surface area contributed by atoms with Gasteiger partial charge in [-0.3, -0.25) is 29.1 Å². The average Bonchev–Trinajstić information content (AvgIpc) is 3.89. The van der Waals surface area contributed by atoms with E-state index in [9.17, 15) is 14.4 Å². The normalized spacial score (nSPS) is 14.1. The van der Waals surface area contributed by atoms with E-state index in [-0.39, 0.29) is 22.4 Å². The molecule has 5 heterocycles.